The van der Waals surface area contributed by atoms with Crippen LogP contribution in [0.25, 0.3) is 0 Å². The molecule has 160 valence electrons. The number of unbranched alkanes of at least 4 members (excludes halogenated alkanes) is 1. The fraction of sp³-hybridized carbons (Fsp3) is 0.688. The molecule has 0 fully saturated rings. The number of hydrogen-bond donors (Lipinski definition) is 7. The number of rotatable bonds is 13. The van der Waals surface area contributed by atoms with Gasteiger partial charge in [0.2, 0.25) is 17.7 Å². The average Bonchev–Trinajstić information content (AvgIpc) is 2.59. The van der Waals surface area contributed by atoms with Crippen molar-refractivity contribution >= 4 is 29.7 Å². The van der Waals surface area contributed by atoms with Crippen LogP contribution >= 0.6 is 0 Å². The standard InChI is InChI=1S/C16H29N5O7/c1-8(20-15(26)10(18)7-12(22)23)13(24)19-9(2)14(25)21-11(16(27)28)5-3-4-6-17/h8-11H,3-7,17-18H2,1-2H3,(H,19,24)(H,20,26)(H,21,25)(H,22,23)(H,27,28). The molecule has 0 spiro atoms. The van der Waals surface area contributed by atoms with Crippen LogP contribution in [0.5, 0.6) is 0 Å². The van der Waals surface area contributed by atoms with Crippen molar-refractivity contribution in [3.05, 3.63) is 0 Å². The first kappa shape index (κ1) is 25.3. The summed E-state index contributed by atoms with van der Waals surface area (Å²) in [5.74, 6) is -4.70. The SMILES string of the molecule is CC(NC(=O)C(N)CC(=O)O)C(=O)NC(C)C(=O)NC(CCCCN)C(=O)O. The van der Waals surface area contributed by atoms with E-state index in [-0.39, 0.29) is 6.42 Å². The lowest BCUT2D eigenvalue weighted by Crippen LogP contribution is -2.55. The molecule has 0 rings (SSSR count). The van der Waals surface area contributed by atoms with Crippen LogP contribution in [0.15, 0.2) is 0 Å². The lowest BCUT2D eigenvalue weighted by atomic mass is 10.1. The first-order chi connectivity index (χ1) is 13.0. The molecule has 0 bridgehead atoms. The number of nitrogens with one attached hydrogen (secondary N) is 3. The Hall–Kier alpha value is -2.73. The van der Waals surface area contributed by atoms with E-state index in [1.54, 1.807) is 0 Å². The zero-order valence-electron chi connectivity index (χ0n) is 15.9. The van der Waals surface area contributed by atoms with Gasteiger partial charge in [0, 0.05) is 0 Å². The Morgan fingerprint density at radius 1 is 0.857 bits per heavy atom. The van der Waals surface area contributed by atoms with Crippen LogP contribution in [0.2, 0.25) is 0 Å². The van der Waals surface area contributed by atoms with Crippen LogP contribution in [0.4, 0.5) is 0 Å². The van der Waals surface area contributed by atoms with Gasteiger partial charge in [-0.25, -0.2) is 4.79 Å². The van der Waals surface area contributed by atoms with Gasteiger partial charge in [-0.2, -0.15) is 0 Å². The molecule has 0 aliphatic heterocycles. The number of nitrogens with two attached hydrogens (primary N) is 2. The number of hydrogen-bond acceptors (Lipinski definition) is 7. The fourth-order valence-corrected chi connectivity index (χ4v) is 2.12. The number of carbonyl (C=O) groups is 5. The highest BCUT2D eigenvalue weighted by atomic mass is 16.4. The molecule has 0 aromatic rings. The van der Waals surface area contributed by atoms with Crippen LogP contribution in [0.1, 0.15) is 39.5 Å². The minimum atomic E-state index is -1.32. The van der Waals surface area contributed by atoms with Crippen LogP contribution in [-0.2, 0) is 24.0 Å². The third-order valence-electron chi connectivity index (χ3n) is 3.80. The molecule has 0 radical (unpaired) electrons. The molecule has 12 heteroatoms. The normalized spacial score (nSPS) is 14.9. The van der Waals surface area contributed by atoms with Crippen LogP contribution < -0.4 is 27.4 Å². The third-order valence-corrected chi connectivity index (χ3v) is 3.80. The summed E-state index contributed by atoms with van der Waals surface area (Å²) >= 11 is 0. The summed E-state index contributed by atoms with van der Waals surface area (Å²) in [6, 6.07) is -4.57. The molecular formula is C16H29N5O7. The number of carboxylic acid groups (broad SMARTS) is 2. The van der Waals surface area contributed by atoms with E-state index in [1.165, 1.54) is 13.8 Å². The minimum absolute atomic E-state index is 0.201. The van der Waals surface area contributed by atoms with Crippen LogP contribution in [-0.4, -0.2) is 70.6 Å². The molecule has 12 nitrogen and oxygen atoms in total. The van der Waals surface area contributed by atoms with E-state index in [9.17, 15) is 24.0 Å². The fourth-order valence-electron chi connectivity index (χ4n) is 2.12. The van der Waals surface area contributed by atoms with E-state index >= 15 is 0 Å². The second kappa shape index (κ2) is 12.6. The quantitative estimate of drug-likeness (QED) is 0.161. The Labute approximate surface area is 162 Å². The van der Waals surface area contributed by atoms with Crippen molar-refractivity contribution in [1.29, 1.82) is 0 Å². The third kappa shape index (κ3) is 9.83. The Kier molecular flexibility index (Phi) is 11.4. The smallest absolute Gasteiger partial charge is 0.326 e. The molecule has 0 saturated heterocycles. The molecule has 0 heterocycles. The summed E-state index contributed by atoms with van der Waals surface area (Å²) in [5, 5.41) is 24.7. The highest BCUT2D eigenvalue weighted by molar-refractivity contribution is 5.94. The van der Waals surface area contributed by atoms with Crippen LogP contribution in [0, 0.1) is 0 Å². The summed E-state index contributed by atoms with van der Waals surface area (Å²) < 4.78 is 0. The maximum atomic E-state index is 12.1. The lowest BCUT2D eigenvalue weighted by molar-refractivity contribution is -0.142. The van der Waals surface area contributed by atoms with Gasteiger partial charge in [-0.15, -0.1) is 0 Å². The lowest BCUT2D eigenvalue weighted by Gasteiger charge is -2.21. The molecule has 0 aliphatic rings. The van der Waals surface area contributed by atoms with Gasteiger partial charge >= 0.3 is 11.9 Å². The second-order valence-corrected chi connectivity index (χ2v) is 6.35. The first-order valence-electron chi connectivity index (χ1n) is 8.80. The molecule has 0 aliphatic carbocycles. The van der Waals surface area contributed by atoms with Crippen molar-refractivity contribution in [2.75, 3.05) is 6.54 Å². The Morgan fingerprint density at radius 3 is 1.82 bits per heavy atom. The Balaban J connectivity index is 4.60. The number of aliphatic carboxylic acids is 2. The van der Waals surface area contributed by atoms with Gasteiger partial charge in [0.05, 0.1) is 12.5 Å². The molecule has 0 aromatic heterocycles. The van der Waals surface area contributed by atoms with Gasteiger partial charge < -0.3 is 37.6 Å². The van der Waals surface area contributed by atoms with E-state index < -0.39 is 60.2 Å². The van der Waals surface area contributed by atoms with E-state index in [2.05, 4.69) is 16.0 Å². The summed E-state index contributed by atoms with van der Waals surface area (Å²) in [5.41, 5.74) is 10.7. The molecule has 4 unspecified atom stereocenters. The van der Waals surface area contributed by atoms with Crippen molar-refractivity contribution in [2.24, 2.45) is 11.5 Å². The monoisotopic (exact) mass is 403 g/mol. The van der Waals surface area contributed by atoms with Crippen LogP contribution in [0.3, 0.4) is 0 Å². The van der Waals surface area contributed by atoms with Gasteiger partial charge in [-0.1, -0.05) is 0 Å². The highest BCUT2D eigenvalue weighted by Crippen LogP contribution is 2.01. The summed E-state index contributed by atoms with van der Waals surface area (Å²) in [4.78, 5) is 57.7. The van der Waals surface area contributed by atoms with Gasteiger partial charge in [-0.3, -0.25) is 19.2 Å². The summed E-state index contributed by atoms with van der Waals surface area (Å²) in [6.45, 7) is 3.10. The average molecular weight is 403 g/mol. The van der Waals surface area contributed by atoms with Gasteiger partial charge in [0.15, 0.2) is 0 Å². The Bertz CT molecular complexity index is 584. The first-order valence-corrected chi connectivity index (χ1v) is 8.80. The molecule has 0 saturated carbocycles. The predicted molar refractivity (Wildman–Crippen MR) is 97.9 cm³/mol. The van der Waals surface area contributed by atoms with E-state index in [0.29, 0.717) is 19.4 Å². The number of amides is 3. The molecular weight excluding hydrogens is 374 g/mol. The van der Waals surface area contributed by atoms with Gasteiger partial charge in [-0.05, 0) is 39.7 Å². The number of carbonyl (C=O) groups excluding carboxylic acids is 3. The highest BCUT2D eigenvalue weighted by Gasteiger charge is 2.26. The van der Waals surface area contributed by atoms with E-state index in [4.69, 9.17) is 21.7 Å². The van der Waals surface area contributed by atoms with Crippen molar-refractivity contribution in [3.63, 3.8) is 0 Å². The topological polar surface area (TPSA) is 214 Å². The van der Waals surface area contributed by atoms with E-state index in [0.717, 1.165) is 0 Å². The van der Waals surface area contributed by atoms with Gasteiger partial charge in [0.25, 0.3) is 0 Å². The van der Waals surface area contributed by atoms with Crippen molar-refractivity contribution in [3.8, 4) is 0 Å². The maximum Gasteiger partial charge on any atom is 0.326 e. The van der Waals surface area contributed by atoms with Crippen molar-refractivity contribution in [2.45, 2.75) is 63.7 Å². The van der Waals surface area contributed by atoms with Crippen molar-refractivity contribution in [1.82, 2.24) is 16.0 Å². The number of carboxylic acids is 2. The molecule has 9 N–H and O–H groups in total. The van der Waals surface area contributed by atoms with Crippen molar-refractivity contribution < 1.29 is 34.2 Å². The zero-order valence-corrected chi connectivity index (χ0v) is 15.9. The molecule has 0 aromatic carbocycles. The largest absolute Gasteiger partial charge is 0.481 e. The minimum Gasteiger partial charge on any atom is -0.481 e. The maximum absolute atomic E-state index is 12.1. The zero-order chi connectivity index (χ0) is 21.9. The van der Waals surface area contributed by atoms with E-state index in [1.807, 2.05) is 0 Å². The second-order valence-electron chi connectivity index (χ2n) is 6.35. The molecule has 28 heavy (non-hydrogen) atoms. The summed E-state index contributed by atoms with van der Waals surface area (Å²) in [7, 11) is 0. The predicted octanol–water partition coefficient (Wildman–Crippen LogP) is -2.50. The summed E-state index contributed by atoms with van der Waals surface area (Å²) in [6.07, 6.45) is 0.744. The Morgan fingerprint density at radius 2 is 1.36 bits per heavy atom. The molecule has 3 amide bonds. The molecule has 4 atom stereocenters. The van der Waals surface area contributed by atoms with Gasteiger partial charge in [0.1, 0.15) is 18.1 Å².